The van der Waals surface area contributed by atoms with Gasteiger partial charge in [-0.15, -0.1) is 0 Å². The van der Waals surface area contributed by atoms with Gasteiger partial charge >= 0.3 is 0 Å². The Kier molecular flexibility index (Phi) is 5.20. The van der Waals surface area contributed by atoms with Crippen molar-refractivity contribution >= 4 is 30.0 Å². The number of benzene rings is 1. The highest BCUT2D eigenvalue weighted by Gasteiger charge is 2.36. The Bertz CT molecular complexity index is 974. The zero-order valence-electron chi connectivity index (χ0n) is 18.0. The lowest BCUT2D eigenvalue weighted by Crippen LogP contribution is -2.43. The van der Waals surface area contributed by atoms with Gasteiger partial charge in [-0.2, -0.15) is 0 Å². The Morgan fingerprint density at radius 3 is 2.65 bits per heavy atom. The van der Waals surface area contributed by atoms with Crippen LogP contribution in [0.5, 0.6) is 5.75 Å². The summed E-state index contributed by atoms with van der Waals surface area (Å²) in [4.78, 5) is 32.5. The number of phenolic OH excluding ortho intramolecular Hbond substituents is 1. The number of rotatable bonds is 4. The molecule has 1 aliphatic carbocycles. The number of ether oxygens (including phenoxy) is 1. The van der Waals surface area contributed by atoms with Gasteiger partial charge in [0.25, 0.3) is 12.4 Å². The molecule has 1 amide bonds. The molecular formula is C24H29N3O4. The van der Waals surface area contributed by atoms with E-state index >= 15 is 0 Å². The fraction of sp³-hybridized carbons (Fsp3) is 0.542. The molecular weight excluding hydrogens is 394 g/mol. The van der Waals surface area contributed by atoms with Gasteiger partial charge in [-0.3, -0.25) is 14.5 Å². The van der Waals surface area contributed by atoms with Gasteiger partial charge in [-0.05, 0) is 76.0 Å². The van der Waals surface area contributed by atoms with E-state index in [4.69, 9.17) is 4.74 Å². The van der Waals surface area contributed by atoms with Crippen LogP contribution in [-0.2, 0) is 27.2 Å². The molecule has 0 radical (unpaired) electrons. The maximum absolute atomic E-state index is 13.2. The van der Waals surface area contributed by atoms with Gasteiger partial charge < -0.3 is 14.7 Å². The van der Waals surface area contributed by atoms with Gasteiger partial charge in [0.05, 0.1) is 0 Å². The van der Waals surface area contributed by atoms with Crippen LogP contribution in [0.25, 0.3) is 6.08 Å². The molecule has 1 fully saturated rings. The number of carbonyl (C=O) groups excluding carboxylic acids is 2. The van der Waals surface area contributed by atoms with E-state index in [0.717, 1.165) is 70.0 Å². The average molecular weight is 424 g/mol. The second-order valence-electron chi connectivity index (χ2n) is 9.02. The van der Waals surface area contributed by atoms with Crippen molar-refractivity contribution < 1.29 is 19.4 Å². The normalized spacial score (nSPS) is 26.7. The van der Waals surface area contributed by atoms with Crippen molar-refractivity contribution in [1.29, 1.82) is 0 Å². The molecule has 1 saturated carbocycles. The molecule has 0 atom stereocenters. The van der Waals surface area contributed by atoms with Crippen molar-refractivity contribution in [3.8, 4) is 5.75 Å². The highest BCUT2D eigenvalue weighted by molar-refractivity contribution is 6.14. The number of aryl methyl sites for hydroxylation is 1. The lowest BCUT2D eigenvalue weighted by Gasteiger charge is -2.37. The summed E-state index contributed by atoms with van der Waals surface area (Å²) in [5.41, 5.74) is 4.58. The Morgan fingerprint density at radius 2 is 1.90 bits per heavy atom. The summed E-state index contributed by atoms with van der Waals surface area (Å²) in [5.74, 6) is 0.883. The molecule has 3 aliphatic heterocycles. The smallest absolute Gasteiger partial charge is 0.293 e. The number of hydrogen-bond acceptors (Lipinski definition) is 6. The number of anilines is 1. The van der Waals surface area contributed by atoms with E-state index in [-0.39, 0.29) is 18.1 Å². The molecule has 3 heterocycles. The van der Waals surface area contributed by atoms with Gasteiger partial charge in [0.1, 0.15) is 23.4 Å². The standard InChI is InChI=1S/C24H29N3O4/c1-15-25-21(24(30)27(15)18-6-8-19(9-7-18)31-14-28)13-17-12-16-4-2-10-26-11-3-5-20(22(16)26)23(17)29/h12-14,18-19,29H,2-11H2,1H3/b21-13-. The summed E-state index contributed by atoms with van der Waals surface area (Å²) in [5, 5.41) is 11.0. The second-order valence-corrected chi connectivity index (χ2v) is 9.02. The molecule has 5 rings (SSSR count). The molecule has 1 aromatic rings. The van der Waals surface area contributed by atoms with Gasteiger partial charge in [0.2, 0.25) is 0 Å². The van der Waals surface area contributed by atoms with E-state index in [0.29, 0.717) is 29.3 Å². The summed E-state index contributed by atoms with van der Waals surface area (Å²) in [6.45, 7) is 4.48. The number of amides is 1. The third-order valence-corrected chi connectivity index (χ3v) is 7.14. The van der Waals surface area contributed by atoms with E-state index < -0.39 is 0 Å². The molecule has 0 saturated heterocycles. The molecule has 164 valence electrons. The number of carbonyl (C=O) groups is 2. The van der Waals surface area contributed by atoms with Crippen molar-refractivity contribution in [1.82, 2.24) is 4.90 Å². The summed E-state index contributed by atoms with van der Waals surface area (Å²) in [7, 11) is 0. The van der Waals surface area contributed by atoms with Gasteiger partial charge in [-0.25, -0.2) is 4.99 Å². The maximum atomic E-state index is 13.2. The number of hydrogen-bond donors (Lipinski definition) is 1. The minimum absolute atomic E-state index is 0.0531. The van der Waals surface area contributed by atoms with E-state index in [1.807, 2.05) is 13.0 Å². The van der Waals surface area contributed by atoms with Crippen LogP contribution in [0.1, 0.15) is 62.1 Å². The molecule has 0 unspecified atom stereocenters. The first kappa shape index (κ1) is 20.1. The maximum Gasteiger partial charge on any atom is 0.293 e. The van der Waals surface area contributed by atoms with Crippen LogP contribution < -0.4 is 4.90 Å². The molecule has 31 heavy (non-hydrogen) atoms. The van der Waals surface area contributed by atoms with E-state index in [2.05, 4.69) is 9.89 Å². The number of phenols is 1. The second kappa shape index (κ2) is 8.02. The topological polar surface area (TPSA) is 82.4 Å². The SMILES string of the molecule is CC1=N/C(=C\c2cc3c4c(c2O)CCCN4CCC3)C(=O)N1C1CCC(OC=O)CC1. The largest absolute Gasteiger partial charge is 0.507 e. The third-order valence-electron chi connectivity index (χ3n) is 7.14. The predicted molar refractivity (Wildman–Crippen MR) is 118 cm³/mol. The molecule has 0 spiro atoms. The van der Waals surface area contributed by atoms with Crippen LogP contribution in [0, 0.1) is 0 Å². The molecule has 0 bridgehead atoms. The number of aliphatic imine (C=N–C) groups is 1. The van der Waals surface area contributed by atoms with Crippen LogP contribution >= 0.6 is 0 Å². The summed E-state index contributed by atoms with van der Waals surface area (Å²) in [6.07, 6.45) is 8.82. The molecule has 1 aromatic carbocycles. The third kappa shape index (κ3) is 3.50. The highest BCUT2D eigenvalue weighted by atomic mass is 16.5. The Balaban J connectivity index is 1.41. The highest BCUT2D eigenvalue weighted by Crippen LogP contribution is 2.43. The van der Waals surface area contributed by atoms with E-state index in [1.54, 1.807) is 11.0 Å². The quantitative estimate of drug-likeness (QED) is 0.594. The van der Waals surface area contributed by atoms with Crippen molar-refractivity contribution in [2.75, 3.05) is 18.0 Å². The van der Waals surface area contributed by atoms with Gasteiger partial charge in [-0.1, -0.05) is 0 Å². The molecule has 7 heteroatoms. The van der Waals surface area contributed by atoms with Crippen LogP contribution in [0.4, 0.5) is 5.69 Å². The summed E-state index contributed by atoms with van der Waals surface area (Å²) >= 11 is 0. The minimum atomic E-state index is -0.107. The number of nitrogens with zero attached hydrogens (tertiary/aromatic N) is 3. The first-order chi connectivity index (χ1) is 15.1. The first-order valence-electron chi connectivity index (χ1n) is 11.4. The molecule has 0 aromatic heterocycles. The van der Waals surface area contributed by atoms with Crippen molar-refractivity contribution in [2.24, 2.45) is 4.99 Å². The lowest BCUT2D eigenvalue weighted by molar-refractivity contribution is -0.136. The zero-order valence-corrected chi connectivity index (χ0v) is 18.0. The number of amidine groups is 1. The lowest BCUT2D eigenvalue weighted by atomic mass is 9.89. The van der Waals surface area contributed by atoms with E-state index in [9.17, 15) is 14.7 Å². The fourth-order valence-corrected chi connectivity index (χ4v) is 5.71. The van der Waals surface area contributed by atoms with E-state index in [1.165, 1.54) is 11.3 Å². The average Bonchev–Trinajstić information content (AvgIpc) is 3.05. The van der Waals surface area contributed by atoms with Crippen molar-refractivity contribution in [2.45, 2.75) is 70.4 Å². The molecule has 4 aliphatic rings. The van der Waals surface area contributed by atoms with Gasteiger partial charge in [0, 0.05) is 35.9 Å². The predicted octanol–water partition coefficient (Wildman–Crippen LogP) is 3.18. The van der Waals surface area contributed by atoms with Crippen molar-refractivity contribution in [3.63, 3.8) is 0 Å². The monoisotopic (exact) mass is 423 g/mol. The first-order valence-corrected chi connectivity index (χ1v) is 11.4. The van der Waals surface area contributed by atoms with Crippen LogP contribution in [-0.4, -0.2) is 53.5 Å². The molecule has 1 N–H and O–H groups in total. The van der Waals surface area contributed by atoms with Crippen LogP contribution in [0.15, 0.2) is 16.8 Å². The van der Waals surface area contributed by atoms with Crippen LogP contribution in [0.2, 0.25) is 0 Å². The van der Waals surface area contributed by atoms with Crippen LogP contribution in [0.3, 0.4) is 0 Å². The minimum Gasteiger partial charge on any atom is -0.507 e. The summed E-state index contributed by atoms with van der Waals surface area (Å²) < 4.78 is 5.08. The molecule has 7 nitrogen and oxygen atoms in total. The zero-order chi connectivity index (χ0) is 21.5. The Labute approximate surface area is 182 Å². The Morgan fingerprint density at radius 1 is 1.16 bits per heavy atom. The Hall–Kier alpha value is -2.83. The fourth-order valence-electron chi connectivity index (χ4n) is 5.71. The van der Waals surface area contributed by atoms with Gasteiger partial charge in [0.15, 0.2) is 0 Å². The number of aromatic hydroxyl groups is 1. The summed E-state index contributed by atoms with van der Waals surface area (Å²) in [6, 6.07) is 2.11. The van der Waals surface area contributed by atoms with Crippen molar-refractivity contribution in [3.05, 3.63) is 28.5 Å².